The number of nitrogens with zero attached hydrogens (tertiary/aromatic N) is 2. The lowest BCUT2D eigenvalue weighted by molar-refractivity contribution is -0.125. The van der Waals surface area contributed by atoms with Crippen LogP contribution in [0.25, 0.3) is 10.8 Å². The van der Waals surface area contributed by atoms with E-state index in [0.29, 0.717) is 35.1 Å². The van der Waals surface area contributed by atoms with Gasteiger partial charge in [0.15, 0.2) is 0 Å². The third-order valence-corrected chi connectivity index (χ3v) is 5.05. The summed E-state index contributed by atoms with van der Waals surface area (Å²) in [6.07, 6.45) is 4.81. The first kappa shape index (κ1) is 18.2. The number of carbonyl (C=O) groups excluding carboxylic acids is 2. The molecule has 0 fully saturated rings. The third kappa shape index (κ3) is 3.14. The topological polar surface area (TPSA) is 59.5 Å². The van der Waals surface area contributed by atoms with E-state index in [1.165, 1.54) is 6.20 Å². The number of ether oxygens (including phenoxy) is 1. The Morgan fingerprint density at radius 3 is 2.86 bits per heavy atom. The van der Waals surface area contributed by atoms with Gasteiger partial charge in [0.25, 0.3) is 5.91 Å². The Hall–Kier alpha value is -3.18. The quantitative estimate of drug-likeness (QED) is 0.616. The van der Waals surface area contributed by atoms with Gasteiger partial charge in [0, 0.05) is 27.6 Å². The van der Waals surface area contributed by atoms with Crippen LogP contribution in [0.4, 0.5) is 5.69 Å². The maximum Gasteiger partial charge on any atom is 0.257 e. The first-order valence-electron chi connectivity index (χ1n) is 8.85. The Labute approximate surface area is 167 Å². The van der Waals surface area contributed by atoms with Crippen LogP contribution in [0.5, 0.6) is 5.75 Å². The first-order chi connectivity index (χ1) is 13.6. The molecule has 5 nitrogen and oxygen atoms in total. The minimum atomic E-state index is -0.551. The van der Waals surface area contributed by atoms with Crippen LogP contribution in [0.1, 0.15) is 17.9 Å². The van der Waals surface area contributed by atoms with Gasteiger partial charge in [-0.25, -0.2) is 4.90 Å². The Bertz CT molecular complexity index is 1090. The van der Waals surface area contributed by atoms with Crippen molar-refractivity contribution in [2.24, 2.45) is 0 Å². The monoisotopic (exact) mass is 392 g/mol. The third-order valence-electron chi connectivity index (χ3n) is 4.81. The zero-order valence-electron chi connectivity index (χ0n) is 15.0. The molecule has 0 spiro atoms. The number of hydrogen-bond acceptors (Lipinski definition) is 4. The summed E-state index contributed by atoms with van der Waals surface area (Å²) in [5.41, 5.74) is 1.11. The number of rotatable bonds is 3. The van der Waals surface area contributed by atoms with Gasteiger partial charge < -0.3 is 4.74 Å². The van der Waals surface area contributed by atoms with Crippen LogP contribution in [0.15, 0.2) is 67.5 Å². The van der Waals surface area contributed by atoms with Crippen LogP contribution >= 0.6 is 11.6 Å². The second-order valence-electron chi connectivity index (χ2n) is 6.47. The molecule has 28 heavy (non-hydrogen) atoms. The number of carbonyl (C=O) groups is 2. The van der Waals surface area contributed by atoms with E-state index < -0.39 is 11.8 Å². The molecule has 0 radical (unpaired) electrons. The van der Waals surface area contributed by atoms with Crippen molar-refractivity contribution in [2.75, 3.05) is 11.5 Å². The standard InChI is InChI=1S/C22H17ClN2O3/c1-2-21(26)25(19-13-24-12-14-5-3-4-6-16(14)19)22(27)17-9-10-28-20-8-7-15(23)11-18(17)20/h2-8,11-13,17H,1,9-10H2/t17-/m1/s1. The van der Waals surface area contributed by atoms with Crippen molar-refractivity contribution in [2.45, 2.75) is 12.3 Å². The number of aromatic nitrogens is 1. The number of fused-ring (bicyclic) bond motifs is 2. The van der Waals surface area contributed by atoms with Crippen molar-refractivity contribution in [3.63, 3.8) is 0 Å². The average Bonchev–Trinajstić information content (AvgIpc) is 2.73. The molecule has 0 N–H and O–H groups in total. The van der Waals surface area contributed by atoms with Gasteiger partial charge >= 0.3 is 0 Å². The summed E-state index contributed by atoms with van der Waals surface area (Å²) in [5.74, 6) is -0.797. The molecule has 0 bridgehead atoms. The minimum absolute atomic E-state index is 0.352. The van der Waals surface area contributed by atoms with E-state index in [9.17, 15) is 9.59 Å². The second kappa shape index (κ2) is 7.44. The second-order valence-corrected chi connectivity index (χ2v) is 6.90. The molecule has 3 aromatic rings. The van der Waals surface area contributed by atoms with E-state index in [0.717, 1.165) is 21.7 Å². The molecule has 4 rings (SSSR count). The highest BCUT2D eigenvalue weighted by atomic mass is 35.5. The van der Waals surface area contributed by atoms with Crippen molar-refractivity contribution in [3.05, 3.63) is 78.1 Å². The normalized spacial score (nSPS) is 15.4. The zero-order chi connectivity index (χ0) is 19.7. The van der Waals surface area contributed by atoms with Gasteiger partial charge in [0.1, 0.15) is 5.75 Å². The highest BCUT2D eigenvalue weighted by molar-refractivity contribution is 6.30. The Morgan fingerprint density at radius 2 is 2.04 bits per heavy atom. The smallest absolute Gasteiger partial charge is 0.257 e. The first-order valence-corrected chi connectivity index (χ1v) is 9.23. The van der Waals surface area contributed by atoms with Gasteiger partial charge in [-0.1, -0.05) is 42.4 Å². The van der Waals surface area contributed by atoms with Gasteiger partial charge in [0.05, 0.1) is 24.4 Å². The van der Waals surface area contributed by atoms with E-state index in [-0.39, 0.29) is 5.91 Å². The van der Waals surface area contributed by atoms with Gasteiger partial charge in [-0.2, -0.15) is 0 Å². The Balaban J connectivity index is 1.84. The molecule has 0 unspecified atom stereocenters. The van der Waals surface area contributed by atoms with Crippen molar-refractivity contribution in [1.29, 1.82) is 0 Å². The molecule has 1 aliphatic heterocycles. The number of hydrogen-bond donors (Lipinski definition) is 0. The summed E-state index contributed by atoms with van der Waals surface area (Å²) in [6.45, 7) is 3.95. The van der Waals surface area contributed by atoms with E-state index in [4.69, 9.17) is 16.3 Å². The molecule has 0 aliphatic carbocycles. The van der Waals surface area contributed by atoms with Gasteiger partial charge in [-0.15, -0.1) is 0 Å². The Kier molecular flexibility index (Phi) is 4.84. The van der Waals surface area contributed by atoms with Crippen LogP contribution < -0.4 is 9.64 Å². The predicted molar refractivity (Wildman–Crippen MR) is 109 cm³/mol. The van der Waals surface area contributed by atoms with Crippen molar-refractivity contribution >= 4 is 39.9 Å². The van der Waals surface area contributed by atoms with Crippen molar-refractivity contribution < 1.29 is 14.3 Å². The van der Waals surface area contributed by atoms with Gasteiger partial charge in [0.2, 0.25) is 5.91 Å². The van der Waals surface area contributed by atoms with E-state index in [1.807, 2.05) is 24.3 Å². The number of anilines is 1. The van der Waals surface area contributed by atoms with Crippen LogP contribution in [0, 0.1) is 0 Å². The summed E-state index contributed by atoms with van der Waals surface area (Å²) >= 11 is 6.14. The maximum absolute atomic E-state index is 13.5. The molecular weight excluding hydrogens is 376 g/mol. The SMILES string of the molecule is C=CC(=O)N(C(=O)[C@@H]1CCOc2ccc(Cl)cc21)c1cncc2ccccc12. The summed E-state index contributed by atoms with van der Waals surface area (Å²) in [6, 6.07) is 12.7. The maximum atomic E-state index is 13.5. The fraction of sp³-hybridized carbons (Fsp3) is 0.136. The van der Waals surface area contributed by atoms with Crippen LogP contribution in [0.2, 0.25) is 5.02 Å². The lowest BCUT2D eigenvalue weighted by Gasteiger charge is -2.30. The zero-order valence-corrected chi connectivity index (χ0v) is 15.7. The van der Waals surface area contributed by atoms with E-state index in [2.05, 4.69) is 11.6 Å². The molecule has 1 aliphatic rings. The highest BCUT2D eigenvalue weighted by Gasteiger charge is 2.35. The highest BCUT2D eigenvalue weighted by Crippen LogP contribution is 2.38. The summed E-state index contributed by atoms with van der Waals surface area (Å²) in [7, 11) is 0. The summed E-state index contributed by atoms with van der Waals surface area (Å²) < 4.78 is 5.65. The lowest BCUT2D eigenvalue weighted by atomic mass is 9.91. The molecule has 1 aromatic heterocycles. The number of halogens is 1. The molecular formula is C22H17ClN2O3. The molecule has 0 saturated heterocycles. The number of imide groups is 1. The molecule has 6 heteroatoms. The number of benzene rings is 2. The molecule has 2 heterocycles. The fourth-order valence-corrected chi connectivity index (χ4v) is 3.67. The van der Waals surface area contributed by atoms with Crippen molar-refractivity contribution in [3.8, 4) is 5.75 Å². The largest absolute Gasteiger partial charge is 0.493 e. The molecule has 1 atom stereocenters. The lowest BCUT2D eigenvalue weighted by Crippen LogP contribution is -2.40. The molecule has 0 saturated carbocycles. The van der Waals surface area contributed by atoms with Crippen LogP contribution in [0.3, 0.4) is 0 Å². The summed E-state index contributed by atoms with van der Waals surface area (Å²) in [4.78, 5) is 31.6. The average molecular weight is 393 g/mol. The molecule has 140 valence electrons. The number of pyridine rings is 1. The Morgan fingerprint density at radius 1 is 1.21 bits per heavy atom. The fourth-order valence-electron chi connectivity index (χ4n) is 3.49. The van der Waals surface area contributed by atoms with Crippen molar-refractivity contribution in [1.82, 2.24) is 4.98 Å². The molecule has 2 amide bonds. The minimum Gasteiger partial charge on any atom is -0.493 e. The van der Waals surface area contributed by atoms with Crippen LogP contribution in [-0.2, 0) is 9.59 Å². The van der Waals surface area contributed by atoms with Gasteiger partial charge in [-0.3, -0.25) is 14.6 Å². The van der Waals surface area contributed by atoms with Gasteiger partial charge in [-0.05, 0) is 30.7 Å². The summed E-state index contributed by atoms with van der Waals surface area (Å²) in [5, 5.41) is 2.11. The van der Waals surface area contributed by atoms with E-state index in [1.54, 1.807) is 24.4 Å². The predicted octanol–water partition coefficient (Wildman–Crippen LogP) is 4.50. The van der Waals surface area contributed by atoms with E-state index >= 15 is 0 Å². The van der Waals surface area contributed by atoms with Crippen LogP contribution in [-0.4, -0.2) is 23.4 Å². The molecule has 2 aromatic carbocycles. The number of amides is 2.